The summed E-state index contributed by atoms with van der Waals surface area (Å²) in [5.74, 6) is 1.03. The Bertz CT molecular complexity index is 346. The van der Waals surface area contributed by atoms with E-state index in [4.69, 9.17) is 0 Å². The van der Waals surface area contributed by atoms with E-state index in [-0.39, 0.29) is 5.91 Å². The average Bonchev–Trinajstić information content (AvgIpc) is 2.39. The Kier molecular flexibility index (Phi) is 5.39. The van der Waals surface area contributed by atoms with Crippen LogP contribution in [0, 0.1) is 5.92 Å². The first-order valence-corrected chi connectivity index (χ1v) is 6.00. The van der Waals surface area contributed by atoms with Crippen molar-refractivity contribution < 1.29 is 4.79 Å². The molecule has 1 aromatic rings. The van der Waals surface area contributed by atoms with Gasteiger partial charge in [-0.25, -0.2) is 0 Å². The highest BCUT2D eigenvalue weighted by Gasteiger charge is 2.10. The second-order valence-electron chi connectivity index (χ2n) is 3.95. The molecule has 1 amide bonds. The summed E-state index contributed by atoms with van der Waals surface area (Å²) < 4.78 is 0. The molecule has 0 fully saturated rings. The van der Waals surface area contributed by atoms with Gasteiger partial charge in [0.2, 0.25) is 0 Å². The van der Waals surface area contributed by atoms with Crippen molar-refractivity contribution >= 4 is 11.7 Å². The molecule has 5 nitrogen and oxygen atoms in total. The number of rotatable bonds is 6. The standard InChI is InChI=1S/C12H20N4O/c1-4-9(5-2)8-14-12(17)10-6-7-11(13-3)16-15-10/h6-7,9H,4-5,8H2,1-3H3,(H,13,16)(H,14,17). The highest BCUT2D eigenvalue weighted by Crippen LogP contribution is 2.06. The minimum absolute atomic E-state index is 0.160. The molecule has 5 heteroatoms. The van der Waals surface area contributed by atoms with Crippen molar-refractivity contribution in [1.29, 1.82) is 0 Å². The van der Waals surface area contributed by atoms with Crippen LogP contribution in [0.4, 0.5) is 5.82 Å². The lowest BCUT2D eigenvalue weighted by Gasteiger charge is -2.12. The van der Waals surface area contributed by atoms with Gasteiger partial charge in [-0.2, -0.15) is 0 Å². The summed E-state index contributed by atoms with van der Waals surface area (Å²) in [5, 5.41) is 13.5. The fraction of sp³-hybridized carbons (Fsp3) is 0.583. The quantitative estimate of drug-likeness (QED) is 0.788. The Hall–Kier alpha value is -1.65. The van der Waals surface area contributed by atoms with Crippen LogP contribution < -0.4 is 10.6 Å². The number of aromatic nitrogens is 2. The molecular weight excluding hydrogens is 216 g/mol. The smallest absolute Gasteiger partial charge is 0.271 e. The molecule has 1 aromatic heterocycles. The topological polar surface area (TPSA) is 66.9 Å². The zero-order valence-electron chi connectivity index (χ0n) is 10.7. The summed E-state index contributed by atoms with van der Waals surface area (Å²) in [7, 11) is 1.76. The van der Waals surface area contributed by atoms with Crippen molar-refractivity contribution in [1.82, 2.24) is 15.5 Å². The van der Waals surface area contributed by atoms with Crippen molar-refractivity contribution in [3.63, 3.8) is 0 Å². The average molecular weight is 236 g/mol. The van der Waals surface area contributed by atoms with E-state index in [0.717, 1.165) is 12.8 Å². The molecule has 1 rings (SSSR count). The fourth-order valence-electron chi connectivity index (χ4n) is 1.49. The zero-order chi connectivity index (χ0) is 12.7. The van der Waals surface area contributed by atoms with Gasteiger partial charge in [-0.3, -0.25) is 4.79 Å². The third kappa shape index (κ3) is 4.01. The van der Waals surface area contributed by atoms with Crippen molar-refractivity contribution in [2.45, 2.75) is 26.7 Å². The Morgan fingerprint density at radius 1 is 1.29 bits per heavy atom. The first-order chi connectivity index (χ1) is 8.21. The summed E-state index contributed by atoms with van der Waals surface area (Å²) >= 11 is 0. The summed E-state index contributed by atoms with van der Waals surface area (Å²) in [6.07, 6.45) is 2.14. The number of hydrogen-bond acceptors (Lipinski definition) is 4. The molecule has 0 saturated heterocycles. The van der Waals surface area contributed by atoms with Crippen LogP contribution in [0.5, 0.6) is 0 Å². The molecule has 94 valence electrons. The highest BCUT2D eigenvalue weighted by molar-refractivity contribution is 5.92. The van der Waals surface area contributed by atoms with Gasteiger partial charge in [-0.1, -0.05) is 26.7 Å². The summed E-state index contributed by atoms with van der Waals surface area (Å²) in [6, 6.07) is 3.40. The first kappa shape index (κ1) is 13.4. The Balaban J connectivity index is 2.51. The van der Waals surface area contributed by atoms with Crippen LogP contribution in [0.15, 0.2) is 12.1 Å². The molecule has 0 radical (unpaired) electrons. The lowest BCUT2D eigenvalue weighted by atomic mass is 10.0. The molecule has 0 bridgehead atoms. The predicted molar refractivity (Wildman–Crippen MR) is 68.0 cm³/mol. The van der Waals surface area contributed by atoms with Crippen molar-refractivity contribution in [3.05, 3.63) is 17.8 Å². The second-order valence-corrected chi connectivity index (χ2v) is 3.95. The Morgan fingerprint density at radius 3 is 2.47 bits per heavy atom. The number of carbonyl (C=O) groups excluding carboxylic acids is 1. The van der Waals surface area contributed by atoms with Gasteiger partial charge in [0.1, 0.15) is 5.82 Å². The SMILES string of the molecule is CCC(CC)CNC(=O)c1ccc(NC)nn1. The van der Waals surface area contributed by atoms with E-state index in [9.17, 15) is 4.79 Å². The largest absolute Gasteiger partial charge is 0.372 e. The normalized spacial score (nSPS) is 10.4. The molecule has 0 aliphatic rings. The van der Waals surface area contributed by atoms with Gasteiger partial charge in [-0.05, 0) is 18.1 Å². The molecule has 17 heavy (non-hydrogen) atoms. The van der Waals surface area contributed by atoms with Gasteiger partial charge in [0.05, 0.1) is 0 Å². The van der Waals surface area contributed by atoms with E-state index in [1.807, 2.05) is 0 Å². The van der Waals surface area contributed by atoms with Crippen molar-refractivity contribution in [2.24, 2.45) is 5.92 Å². The Labute approximate surface area is 102 Å². The van der Waals surface area contributed by atoms with Crippen molar-refractivity contribution in [3.8, 4) is 0 Å². The van der Waals surface area contributed by atoms with Gasteiger partial charge in [-0.15, -0.1) is 10.2 Å². The molecule has 0 atom stereocenters. The predicted octanol–water partition coefficient (Wildman–Crippen LogP) is 1.68. The maximum atomic E-state index is 11.7. The van der Waals surface area contributed by atoms with Gasteiger partial charge >= 0.3 is 0 Å². The molecule has 0 aromatic carbocycles. The van der Waals surface area contributed by atoms with Crippen LogP contribution >= 0.6 is 0 Å². The first-order valence-electron chi connectivity index (χ1n) is 6.00. The van der Waals surface area contributed by atoms with E-state index in [2.05, 4.69) is 34.7 Å². The van der Waals surface area contributed by atoms with Gasteiger partial charge in [0, 0.05) is 13.6 Å². The minimum atomic E-state index is -0.160. The van der Waals surface area contributed by atoms with Crippen LogP contribution in [-0.4, -0.2) is 29.7 Å². The van der Waals surface area contributed by atoms with E-state index < -0.39 is 0 Å². The Morgan fingerprint density at radius 2 is 2.00 bits per heavy atom. The zero-order valence-corrected chi connectivity index (χ0v) is 10.7. The summed E-state index contributed by atoms with van der Waals surface area (Å²) in [5.41, 5.74) is 0.356. The number of hydrogen-bond donors (Lipinski definition) is 2. The third-order valence-electron chi connectivity index (χ3n) is 2.86. The molecule has 2 N–H and O–H groups in total. The van der Waals surface area contributed by atoms with Crippen LogP contribution in [0.3, 0.4) is 0 Å². The summed E-state index contributed by atoms with van der Waals surface area (Å²) in [6.45, 7) is 4.95. The number of anilines is 1. The van der Waals surface area contributed by atoms with Crippen molar-refractivity contribution in [2.75, 3.05) is 18.9 Å². The van der Waals surface area contributed by atoms with E-state index in [1.165, 1.54) is 0 Å². The third-order valence-corrected chi connectivity index (χ3v) is 2.86. The number of carbonyl (C=O) groups is 1. The van der Waals surface area contributed by atoms with Crippen LogP contribution in [0.1, 0.15) is 37.2 Å². The van der Waals surface area contributed by atoms with Gasteiger partial charge in [0.15, 0.2) is 5.69 Å². The van der Waals surface area contributed by atoms with Crippen LogP contribution in [0.25, 0.3) is 0 Å². The summed E-state index contributed by atoms with van der Waals surface area (Å²) in [4.78, 5) is 11.7. The lowest BCUT2D eigenvalue weighted by molar-refractivity contribution is 0.0940. The molecule has 0 aliphatic carbocycles. The van der Waals surface area contributed by atoms with E-state index in [1.54, 1.807) is 19.2 Å². The number of nitrogens with zero attached hydrogens (tertiary/aromatic N) is 2. The van der Waals surface area contributed by atoms with E-state index in [0.29, 0.717) is 24.0 Å². The number of amides is 1. The van der Waals surface area contributed by atoms with E-state index >= 15 is 0 Å². The van der Waals surface area contributed by atoms with Gasteiger partial charge in [0.25, 0.3) is 5.91 Å². The second kappa shape index (κ2) is 6.83. The maximum Gasteiger partial charge on any atom is 0.271 e. The monoisotopic (exact) mass is 236 g/mol. The maximum absolute atomic E-state index is 11.7. The van der Waals surface area contributed by atoms with Crippen LogP contribution in [0.2, 0.25) is 0 Å². The molecule has 0 saturated carbocycles. The minimum Gasteiger partial charge on any atom is -0.372 e. The molecule has 0 spiro atoms. The molecular formula is C12H20N4O. The van der Waals surface area contributed by atoms with Gasteiger partial charge < -0.3 is 10.6 Å². The fourth-order valence-corrected chi connectivity index (χ4v) is 1.49. The van der Waals surface area contributed by atoms with Crippen LogP contribution in [-0.2, 0) is 0 Å². The number of nitrogens with one attached hydrogen (secondary N) is 2. The molecule has 0 aliphatic heterocycles. The lowest BCUT2D eigenvalue weighted by Crippen LogP contribution is -2.29. The molecule has 1 heterocycles. The highest BCUT2D eigenvalue weighted by atomic mass is 16.1. The molecule has 0 unspecified atom stereocenters.